The fourth-order valence-electron chi connectivity index (χ4n) is 3.08. The first-order valence-electron chi connectivity index (χ1n) is 10.8. The highest BCUT2D eigenvalue weighted by molar-refractivity contribution is 9.10. The molecule has 1 heterocycles. The number of amides is 2. The molecule has 33 heavy (non-hydrogen) atoms. The number of carbonyl (C=O) groups excluding carboxylic acids is 2. The van der Waals surface area contributed by atoms with Gasteiger partial charge in [-0.15, -0.1) is 0 Å². The molecule has 2 aromatic rings. The summed E-state index contributed by atoms with van der Waals surface area (Å²) in [4.78, 5) is 25.4. The van der Waals surface area contributed by atoms with Crippen LogP contribution in [0.5, 0.6) is 17.2 Å². The number of nitrogens with zero attached hydrogens (tertiary/aromatic N) is 1. The standard InChI is InChI=1S/C24H28BrN3O5/c1-4-5-10-31-19-8-6-16(11-18(19)25)13-26-28-24(30)22(15(2)3)27-23(29)17-7-9-20-21(12-17)33-14-32-20/h6-9,11-13,15,22H,4-5,10,14H2,1-3H3,(H,27,29)(H,28,30). The first-order valence-corrected chi connectivity index (χ1v) is 11.6. The number of ether oxygens (including phenoxy) is 3. The van der Waals surface area contributed by atoms with Crippen molar-refractivity contribution in [2.45, 2.75) is 39.7 Å². The molecule has 0 aliphatic carbocycles. The number of unbranched alkanes of at least 4 members (excludes halogenated alkanes) is 1. The molecule has 0 spiro atoms. The molecule has 0 aromatic heterocycles. The molecular weight excluding hydrogens is 490 g/mol. The summed E-state index contributed by atoms with van der Waals surface area (Å²) in [6, 6.07) is 9.69. The summed E-state index contributed by atoms with van der Waals surface area (Å²) >= 11 is 3.49. The molecule has 0 saturated heterocycles. The van der Waals surface area contributed by atoms with Crippen LogP contribution in [0.3, 0.4) is 0 Å². The van der Waals surface area contributed by atoms with Gasteiger partial charge in [-0.25, -0.2) is 5.43 Å². The van der Waals surface area contributed by atoms with Crippen LogP contribution >= 0.6 is 15.9 Å². The van der Waals surface area contributed by atoms with Gasteiger partial charge in [0.05, 0.1) is 17.3 Å². The highest BCUT2D eigenvalue weighted by atomic mass is 79.9. The summed E-state index contributed by atoms with van der Waals surface area (Å²) in [6.07, 6.45) is 3.59. The van der Waals surface area contributed by atoms with Crippen molar-refractivity contribution in [3.05, 3.63) is 52.0 Å². The van der Waals surface area contributed by atoms with E-state index in [9.17, 15) is 9.59 Å². The normalized spacial score (nSPS) is 13.2. The van der Waals surface area contributed by atoms with Gasteiger partial charge >= 0.3 is 0 Å². The van der Waals surface area contributed by atoms with Gasteiger partial charge in [0.25, 0.3) is 11.8 Å². The van der Waals surface area contributed by atoms with Gasteiger partial charge in [-0.3, -0.25) is 9.59 Å². The summed E-state index contributed by atoms with van der Waals surface area (Å²) in [6.45, 7) is 6.59. The van der Waals surface area contributed by atoms with E-state index in [2.05, 4.69) is 38.7 Å². The Kier molecular flexibility index (Phi) is 8.71. The molecule has 1 unspecified atom stereocenters. The van der Waals surface area contributed by atoms with E-state index in [0.717, 1.165) is 28.6 Å². The molecular formula is C24H28BrN3O5. The molecule has 9 heteroatoms. The smallest absolute Gasteiger partial charge is 0.262 e. The van der Waals surface area contributed by atoms with Gasteiger partial charge in [0, 0.05) is 5.56 Å². The van der Waals surface area contributed by atoms with Crippen molar-refractivity contribution in [3.8, 4) is 17.2 Å². The minimum Gasteiger partial charge on any atom is -0.492 e. The Bertz CT molecular complexity index is 1030. The Labute approximate surface area is 201 Å². The zero-order chi connectivity index (χ0) is 23.8. The van der Waals surface area contributed by atoms with E-state index in [-0.39, 0.29) is 18.6 Å². The lowest BCUT2D eigenvalue weighted by Gasteiger charge is -2.20. The number of carbonyl (C=O) groups is 2. The number of nitrogens with one attached hydrogen (secondary N) is 2. The molecule has 2 N–H and O–H groups in total. The monoisotopic (exact) mass is 517 g/mol. The Balaban J connectivity index is 1.58. The second-order valence-electron chi connectivity index (χ2n) is 7.89. The van der Waals surface area contributed by atoms with Crippen molar-refractivity contribution in [2.24, 2.45) is 11.0 Å². The lowest BCUT2D eigenvalue weighted by Crippen LogP contribution is -2.48. The van der Waals surface area contributed by atoms with E-state index >= 15 is 0 Å². The topological polar surface area (TPSA) is 98.2 Å². The van der Waals surface area contributed by atoms with Crippen molar-refractivity contribution in [1.82, 2.24) is 10.7 Å². The lowest BCUT2D eigenvalue weighted by molar-refractivity contribution is -0.123. The van der Waals surface area contributed by atoms with Gasteiger partial charge in [-0.05, 0) is 70.2 Å². The van der Waals surface area contributed by atoms with E-state index in [1.807, 2.05) is 32.0 Å². The van der Waals surface area contributed by atoms with E-state index in [1.165, 1.54) is 6.21 Å². The predicted octanol–water partition coefficient (Wildman–Crippen LogP) is 4.26. The van der Waals surface area contributed by atoms with Gasteiger partial charge < -0.3 is 19.5 Å². The largest absolute Gasteiger partial charge is 0.492 e. The SMILES string of the molecule is CCCCOc1ccc(C=NNC(=O)C(NC(=O)c2ccc3c(c2)OCO3)C(C)C)cc1Br. The molecule has 0 bridgehead atoms. The molecule has 2 aromatic carbocycles. The summed E-state index contributed by atoms with van der Waals surface area (Å²) in [7, 11) is 0. The Morgan fingerprint density at radius 1 is 1.18 bits per heavy atom. The molecule has 1 atom stereocenters. The highest BCUT2D eigenvalue weighted by Gasteiger charge is 2.25. The van der Waals surface area contributed by atoms with Crippen LogP contribution < -0.4 is 25.0 Å². The maximum absolute atomic E-state index is 12.7. The van der Waals surface area contributed by atoms with Gasteiger partial charge in [0.15, 0.2) is 11.5 Å². The molecule has 1 aliphatic heterocycles. The van der Waals surface area contributed by atoms with Crippen LogP contribution in [0.25, 0.3) is 0 Å². The lowest BCUT2D eigenvalue weighted by atomic mass is 10.0. The van der Waals surface area contributed by atoms with Gasteiger partial charge in [0.2, 0.25) is 6.79 Å². The third-order valence-corrected chi connectivity index (χ3v) is 5.59. The quantitative estimate of drug-likeness (QED) is 0.278. The molecule has 176 valence electrons. The zero-order valence-corrected chi connectivity index (χ0v) is 20.5. The molecule has 0 fully saturated rings. The van der Waals surface area contributed by atoms with E-state index < -0.39 is 11.9 Å². The number of hydrogen-bond donors (Lipinski definition) is 2. The highest BCUT2D eigenvalue weighted by Crippen LogP contribution is 2.32. The molecule has 2 amide bonds. The average Bonchev–Trinajstić information content (AvgIpc) is 3.26. The molecule has 8 nitrogen and oxygen atoms in total. The Morgan fingerprint density at radius 3 is 2.70 bits per heavy atom. The van der Waals surface area contributed by atoms with Gasteiger partial charge in [-0.1, -0.05) is 27.2 Å². The number of halogens is 1. The summed E-state index contributed by atoms with van der Waals surface area (Å²) < 4.78 is 17.1. The molecule has 3 rings (SSSR count). The first kappa shape index (κ1) is 24.6. The van der Waals surface area contributed by atoms with Crippen molar-refractivity contribution < 1.29 is 23.8 Å². The van der Waals surface area contributed by atoms with E-state index in [0.29, 0.717) is 23.7 Å². The van der Waals surface area contributed by atoms with Gasteiger partial charge in [-0.2, -0.15) is 5.10 Å². The second-order valence-corrected chi connectivity index (χ2v) is 8.74. The van der Waals surface area contributed by atoms with Crippen LogP contribution in [-0.4, -0.2) is 37.5 Å². The molecule has 0 radical (unpaired) electrons. The third-order valence-electron chi connectivity index (χ3n) is 4.97. The van der Waals surface area contributed by atoms with Crippen molar-refractivity contribution in [3.63, 3.8) is 0 Å². The summed E-state index contributed by atoms with van der Waals surface area (Å²) in [5, 5.41) is 6.81. The molecule has 0 saturated carbocycles. The predicted molar refractivity (Wildman–Crippen MR) is 129 cm³/mol. The minimum atomic E-state index is -0.763. The summed E-state index contributed by atoms with van der Waals surface area (Å²) in [5.74, 6) is 0.919. The maximum atomic E-state index is 12.7. The number of benzene rings is 2. The zero-order valence-electron chi connectivity index (χ0n) is 18.9. The van der Waals surface area contributed by atoms with Crippen molar-refractivity contribution in [1.29, 1.82) is 0 Å². The van der Waals surface area contributed by atoms with Crippen LogP contribution in [0.2, 0.25) is 0 Å². The maximum Gasteiger partial charge on any atom is 0.262 e. The van der Waals surface area contributed by atoms with Crippen molar-refractivity contribution in [2.75, 3.05) is 13.4 Å². The number of hydrogen-bond acceptors (Lipinski definition) is 6. The second kappa shape index (κ2) is 11.7. The van der Waals surface area contributed by atoms with Crippen LogP contribution in [0.15, 0.2) is 46.0 Å². The number of hydrazone groups is 1. The fraction of sp³-hybridized carbons (Fsp3) is 0.375. The third kappa shape index (κ3) is 6.71. The summed E-state index contributed by atoms with van der Waals surface area (Å²) in [5.41, 5.74) is 3.68. The fourth-order valence-corrected chi connectivity index (χ4v) is 3.59. The Morgan fingerprint density at radius 2 is 1.97 bits per heavy atom. The number of rotatable bonds is 10. The van der Waals surface area contributed by atoms with E-state index in [1.54, 1.807) is 18.2 Å². The minimum absolute atomic E-state index is 0.126. The van der Waals surface area contributed by atoms with Crippen molar-refractivity contribution >= 4 is 34.0 Å². The Hall–Kier alpha value is -3.07. The first-order chi connectivity index (χ1) is 15.9. The van der Waals surface area contributed by atoms with E-state index in [4.69, 9.17) is 14.2 Å². The van der Waals surface area contributed by atoms with Crippen LogP contribution in [0.4, 0.5) is 0 Å². The number of fused-ring (bicyclic) bond motifs is 1. The van der Waals surface area contributed by atoms with Crippen LogP contribution in [-0.2, 0) is 4.79 Å². The molecule has 1 aliphatic rings. The van der Waals surface area contributed by atoms with Crippen LogP contribution in [0.1, 0.15) is 49.5 Å². The van der Waals surface area contributed by atoms with Gasteiger partial charge in [0.1, 0.15) is 11.8 Å². The average molecular weight is 518 g/mol. The van der Waals surface area contributed by atoms with Crippen LogP contribution in [0, 0.1) is 5.92 Å².